The first kappa shape index (κ1) is 20.3. The summed E-state index contributed by atoms with van der Waals surface area (Å²) < 4.78 is 54.2. The molecule has 0 saturated carbocycles. The smallest absolute Gasteiger partial charge is 0.398 e. The monoisotopic (exact) mass is 424 g/mol. The number of nitrogens with one attached hydrogen (secondary N) is 1. The molecule has 4 rings (SSSR count). The van der Waals surface area contributed by atoms with Crippen molar-refractivity contribution in [3.63, 3.8) is 0 Å². The average Bonchev–Trinajstić information content (AvgIpc) is 3.17. The van der Waals surface area contributed by atoms with Crippen LogP contribution in [0.1, 0.15) is 16.7 Å². The van der Waals surface area contributed by atoms with Gasteiger partial charge < -0.3 is 11.1 Å². The third-order valence-electron chi connectivity index (χ3n) is 4.89. The number of halogens is 4. The first-order chi connectivity index (χ1) is 14.8. The largest absolute Gasteiger partial charge is 0.416 e. The van der Waals surface area contributed by atoms with Crippen molar-refractivity contribution in [2.24, 2.45) is 5.73 Å². The van der Waals surface area contributed by atoms with E-state index in [-0.39, 0.29) is 5.70 Å². The van der Waals surface area contributed by atoms with Crippen LogP contribution in [0, 0.1) is 11.2 Å². The number of benzene rings is 2. The number of pyridine rings is 1. The molecule has 2 aromatic heterocycles. The van der Waals surface area contributed by atoms with E-state index in [4.69, 9.17) is 11.1 Å². The molecule has 4 nitrogen and oxygen atoms in total. The van der Waals surface area contributed by atoms with E-state index in [1.54, 1.807) is 28.8 Å². The summed E-state index contributed by atoms with van der Waals surface area (Å²) in [5.41, 5.74) is 8.59. The predicted molar refractivity (Wildman–Crippen MR) is 112 cm³/mol. The van der Waals surface area contributed by atoms with E-state index in [1.807, 2.05) is 0 Å². The Morgan fingerprint density at radius 1 is 1.00 bits per heavy atom. The van der Waals surface area contributed by atoms with Crippen molar-refractivity contribution in [2.45, 2.75) is 6.18 Å². The van der Waals surface area contributed by atoms with Crippen LogP contribution in [-0.4, -0.2) is 15.6 Å². The van der Waals surface area contributed by atoms with Gasteiger partial charge in [0.1, 0.15) is 11.5 Å². The minimum absolute atomic E-state index is 0.273. The van der Waals surface area contributed by atoms with Crippen LogP contribution in [0.25, 0.3) is 28.2 Å². The fraction of sp³-hybridized carbons (Fsp3) is 0.0435. The first-order valence-electron chi connectivity index (χ1n) is 9.19. The van der Waals surface area contributed by atoms with Crippen molar-refractivity contribution in [1.29, 1.82) is 5.41 Å². The third kappa shape index (κ3) is 3.92. The Balaban J connectivity index is 1.84. The Kier molecular flexibility index (Phi) is 5.06. The van der Waals surface area contributed by atoms with Crippen LogP contribution < -0.4 is 5.73 Å². The van der Waals surface area contributed by atoms with Gasteiger partial charge in [-0.3, -0.25) is 4.40 Å². The summed E-state index contributed by atoms with van der Waals surface area (Å²) in [6, 6.07) is 14.0. The summed E-state index contributed by atoms with van der Waals surface area (Å²) in [5.74, 6) is -0.404. The zero-order chi connectivity index (χ0) is 22.2. The van der Waals surface area contributed by atoms with Gasteiger partial charge in [0.2, 0.25) is 0 Å². The molecule has 4 aromatic rings. The van der Waals surface area contributed by atoms with Gasteiger partial charge >= 0.3 is 6.18 Å². The van der Waals surface area contributed by atoms with E-state index >= 15 is 0 Å². The number of rotatable bonds is 4. The zero-order valence-corrected chi connectivity index (χ0v) is 16.0. The second-order valence-corrected chi connectivity index (χ2v) is 6.85. The van der Waals surface area contributed by atoms with Gasteiger partial charge in [-0.25, -0.2) is 9.37 Å². The minimum atomic E-state index is -4.46. The van der Waals surface area contributed by atoms with Gasteiger partial charge in [0.15, 0.2) is 0 Å². The van der Waals surface area contributed by atoms with E-state index in [9.17, 15) is 17.6 Å². The predicted octanol–water partition coefficient (Wildman–Crippen LogP) is 5.64. The van der Waals surface area contributed by atoms with E-state index < -0.39 is 17.6 Å². The lowest BCUT2D eigenvalue weighted by Gasteiger charge is -2.11. The average molecular weight is 424 g/mol. The molecule has 0 aliphatic rings. The van der Waals surface area contributed by atoms with Gasteiger partial charge in [0, 0.05) is 34.8 Å². The number of nitrogens with two attached hydrogens (primary N) is 1. The summed E-state index contributed by atoms with van der Waals surface area (Å²) in [4.78, 5) is 4.26. The van der Waals surface area contributed by atoms with Crippen LogP contribution >= 0.6 is 0 Å². The summed E-state index contributed by atoms with van der Waals surface area (Å²) >= 11 is 0. The topological polar surface area (TPSA) is 67.2 Å². The normalized spacial score (nSPS) is 12.6. The molecule has 0 saturated heterocycles. The van der Waals surface area contributed by atoms with Gasteiger partial charge in [-0.2, -0.15) is 13.2 Å². The lowest BCUT2D eigenvalue weighted by molar-refractivity contribution is -0.137. The fourth-order valence-electron chi connectivity index (χ4n) is 3.31. The number of fused-ring (bicyclic) bond motifs is 1. The van der Waals surface area contributed by atoms with Crippen LogP contribution in [0.5, 0.6) is 0 Å². The zero-order valence-electron chi connectivity index (χ0n) is 16.0. The Labute approximate surface area is 174 Å². The number of aromatic nitrogens is 2. The number of imidazole rings is 1. The Hall–Kier alpha value is -3.94. The molecule has 0 fully saturated rings. The standard InChI is InChI=1S/C23H16F4N4/c24-18-7-4-14(5-8-18)22(29)19(11-28)16-6-9-21-30-12-20(31(21)13-16)15-2-1-3-17(10-15)23(25,26)27/h1-13,28H,29H2. The molecule has 0 amide bonds. The van der Waals surface area contributed by atoms with Crippen LogP contribution in [0.15, 0.2) is 73.1 Å². The summed E-state index contributed by atoms with van der Waals surface area (Å²) in [5, 5.41) is 7.82. The summed E-state index contributed by atoms with van der Waals surface area (Å²) in [6.45, 7) is 0. The minimum Gasteiger partial charge on any atom is -0.398 e. The second kappa shape index (κ2) is 7.71. The summed E-state index contributed by atoms with van der Waals surface area (Å²) in [7, 11) is 0. The molecule has 0 radical (unpaired) electrons. The van der Waals surface area contributed by atoms with E-state index in [1.165, 1.54) is 36.5 Å². The molecule has 0 aliphatic heterocycles. The van der Waals surface area contributed by atoms with Crippen LogP contribution in [0.3, 0.4) is 0 Å². The van der Waals surface area contributed by atoms with Crippen molar-refractivity contribution in [2.75, 3.05) is 0 Å². The first-order valence-corrected chi connectivity index (χ1v) is 9.19. The van der Waals surface area contributed by atoms with Gasteiger partial charge in [0.05, 0.1) is 17.5 Å². The molecule has 2 heterocycles. The second-order valence-electron chi connectivity index (χ2n) is 6.85. The molecule has 0 bridgehead atoms. The molecular weight excluding hydrogens is 408 g/mol. The number of allylic oxidation sites excluding steroid dienone is 1. The molecule has 0 unspecified atom stereocenters. The lowest BCUT2D eigenvalue weighted by Crippen LogP contribution is -2.05. The molecule has 8 heteroatoms. The highest BCUT2D eigenvalue weighted by atomic mass is 19.4. The molecule has 3 N–H and O–H groups in total. The Morgan fingerprint density at radius 3 is 2.39 bits per heavy atom. The number of alkyl halides is 3. The molecular formula is C23H16F4N4. The molecule has 0 aliphatic carbocycles. The van der Waals surface area contributed by atoms with Gasteiger partial charge in [-0.1, -0.05) is 12.1 Å². The molecule has 0 spiro atoms. The number of hydrogen-bond donors (Lipinski definition) is 2. The van der Waals surface area contributed by atoms with Crippen molar-refractivity contribution >= 4 is 23.1 Å². The lowest BCUT2D eigenvalue weighted by atomic mass is 10.0. The third-order valence-corrected chi connectivity index (χ3v) is 4.89. The van der Waals surface area contributed by atoms with Crippen molar-refractivity contribution in [1.82, 2.24) is 9.38 Å². The molecule has 0 atom stereocenters. The van der Waals surface area contributed by atoms with Crippen LogP contribution in [0.2, 0.25) is 0 Å². The highest BCUT2D eigenvalue weighted by Crippen LogP contribution is 2.32. The SMILES string of the molecule is N=CC(=C(N)c1ccc(F)cc1)c1ccc2ncc(-c3cccc(C(F)(F)F)c3)n2c1. The van der Waals surface area contributed by atoms with Crippen molar-refractivity contribution < 1.29 is 17.6 Å². The van der Waals surface area contributed by atoms with E-state index in [0.29, 0.717) is 33.6 Å². The molecule has 156 valence electrons. The van der Waals surface area contributed by atoms with Crippen molar-refractivity contribution in [3.8, 4) is 11.3 Å². The highest BCUT2D eigenvalue weighted by Gasteiger charge is 2.30. The van der Waals surface area contributed by atoms with Gasteiger partial charge in [-0.15, -0.1) is 0 Å². The Morgan fingerprint density at radius 2 is 1.71 bits per heavy atom. The molecule has 31 heavy (non-hydrogen) atoms. The quantitative estimate of drug-likeness (QED) is 0.329. The van der Waals surface area contributed by atoms with Gasteiger partial charge in [0.25, 0.3) is 0 Å². The maximum atomic E-state index is 13.2. The number of hydrogen-bond acceptors (Lipinski definition) is 3. The van der Waals surface area contributed by atoms with Crippen LogP contribution in [0.4, 0.5) is 17.6 Å². The maximum Gasteiger partial charge on any atom is 0.416 e. The fourth-order valence-corrected chi connectivity index (χ4v) is 3.31. The van der Waals surface area contributed by atoms with Gasteiger partial charge in [-0.05, 0) is 54.1 Å². The van der Waals surface area contributed by atoms with E-state index in [0.717, 1.165) is 18.3 Å². The highest BCUT2D eigenvalue weighted by molar-refractivity contribution is 6.17. The molecule has 2 aromatic carbocycles. The number of nitrogens with zero attached hydrogens (tertiary/aromatic N) is 2. The van der Waals surface area contributed by atoms with E-state index in [2.05, 4.69) is 4.98 Å². The maximum absolute atomic E-state index is 13.2. The Bertz CT molecular complexity index is 1300. The van der Waals surface area contributed by atoms with Crippen LogP contribution in [-0.2, 0) is 6.18 Å². The van der Waals surface area contributed by atoms with Crippen molar-refractivity contribution in [3.05, 3.63) is 95.6 Å². The summed E-state index contributed by atoms with van der Waals surface area (Å²) in [6.07, 6.45) is -0.220.